The average Bonchev–Trinajstić information content (AvgIpc) is 3.06. The number of halogens is 1. The predicted molar refractivity (Wildman–Crippen MR) is 113 cm³/mol. The maximum Gasteiger partial charge on any atom is 0.216 e. The van der Waals surface area contributed by atoms with E-state index in [1.54, 1.807) is 18.0 Å². The topological polar surface area (TPSA) is 64.4 Å². The van der Waals surface area contributed by atoms with Gasteiger partial charge in [-0.15, -0.1) is 0 Å². The smallest absolute Gasteiger partial charge is 0.216 e. The van der Waals surface area contributed by atoms with Crippen molar-refractivity contribution in [3.05, 3.63) is 69.2 Å². The summed E-state index contributed by atoms with van der Waals surface area (Å²) in [6, 6.07) is 13.2. The zero-order valence-corrected chi connectivity index (χ0v) is 17.4. The standard InChI is InChI=1S/C20H21ClN4O2S/c1-13(2)19-23-24-20(28)25(19)22-11-14-8-9-17(18(10-14)26-3)27-12-15-6-4-5-7-16(15)21/h4-11,13H,12H2,1-3H3,(H,24,28)/b22-11+. The fourth-order valence-corrected chi connectivity index (χ4v) is 2.94. The first kappa shape index (κ1) is 20.1. The Morgan fingerprint density at radius 2 is 2.04 bits per heavy atom. The van der Waals surface area contributed by atoms with Gasteiger partial charge in [0.05, 0.1) is 13.3 Å². The van der Waals surface area contributed by atoms with Crippen molar-refractivity contribution in [2.45, 2.75) is 26.4 Å². The third kappa shape index (κ3) is 4.61. The molecule has 146 valence electrons. The molecule has 0 spiro atoms. The van der Waals surface area contributed by atoms with Gasteiger partial charge in [-0.1, -0.05) is 43.6 Å². The summed E-state index contributed by atoms with van der Waals surface area (Å²) >= 11 is 11.4. The van der Waals surface area contributed by atoms with E-state index in [9.17, 15) is 0 Å². The van der Waals surface area contributed by atoms with Crippen LogP contribution in [0.1, 0.15) is 36.7 Å². The van der Waals surface area contributed by atoms with Gasteiger partial charge in [0, 0.05) is 16.5 Å². The normalized spacial score (nSPS) is 11.3. The number of nitrogens with one attached hydrogen (secondary N) is 1. The van der Waals surface area contributed by atoms with E-state index in [0.29, 0.717) is 27.9 Å². The lowest BCUT2D eigenvalue weighted by Gasteiger charge is -2.12. The molecule has 0 saturated heterocycles. The monoisotopic (exact) mass is 416 g/mol. The third-order valence-electron chi connectivity index (χ3n) is 4.04. The first-order valence-corrected chi connectivity index (χ1v) is 9.54. The lowest BCUT2D eigenvalue weighted by atomic mass is 10.2. The number of rotatable bonds is 7. The summed E-state index contributed by atoms with van der Waals surface area (Å²) in [6.07, 6.45) is 1.71. The van der Waals surface area contributed by atoms with Crippen molar-refractivity contribution in [3.63, 3.8) is 0 Å². The summed E-state index contributed by atoms with van der Waals surface area (Å²) in [5.74, 6) is 2.20. The van der Waals surface area contributed by atoms with Gasteiger partial charge in [-0.3, -0.25) is 5.10 Å². The second kappa shape index (κ2) is 9.03. The molecule has 1 N–H and O–H groups in total. The molecule has 0 saturated carbocycles. The van der Waals surface area contributed by atoms with Crippen LogP contribution in [0.3, 0.4) is 0 Å². The number of aromatic amines is 1. The number of benzene rings is 2. The molecule has 0 bridgehead atoms. The summed E-state index contributed by atoms with van der Waals surface area (Å²) in [5.41, 5.74) is 1.76. The second-order valence-electron chi connectivity index (χ2n) is 6.39. The lowest BCUT2D eigenvalue weighted by molar-refractivity contribution is 0.284. The number of methoxy groups -OCH3 is 1. The highest BCUT2D eigenvalue weighted by Crippen LogP contribution is 2.29. The Bertz CT molecular complexity index is 1040. The highest BCUT2D eigenvalue weighted by Gasteiger charge is 2.10. The molecule has 8 heteroatoms. The van der Waals surface area contributed by atoms with Crippen LogP contribution in [0.2, 0.25) is 5.02 Å². The van der Waals surface area contributed by atoms with Gasteiger partial charge < -0.3 is 9.47 Å². The van der Waals surface area contributed by atoms with Gasteiger partial charge in [-0.05, 0) is 42.0 Å². The zero-order valence-electron chi connectivity index (χ0n) is 15.8. The molecule has 0 radical (unpaired) electrons. The van der Waals surface area contributed by atoms with Crippen molar-refractivity contribution in [3.8, 4) is 11.5 Å². The van der Waals surface area contributed by atoms with Crippen molar-refractivity contribution in [1.82, 2.24) is 14.9 Å². The summed E-state index contributed by atoms with van der Waals surface area (Å²) < 4.78 is 13.4. The van der Waals surface area contributed by atoms with Crippen molar-refractivity contribution < 1.29 is 9.47 Å². The van der Waals surface area contributed by atoms with Gasteiger partial charge in [-0.2, -0.15) is 14.9 Å². The number of nitrogens with zero attached hydrogens (tertiary/aromatic N) is 3. The van der Waals surface area contributed by atoms with Crippen molar-refractivity contribution in [2.75, 3.05) is 7.11 Å². The fraction of sp³-hybridized carbons (Fsp3) is 0.250. The molecular weight excluding hydrogens is 396 g/mol. The van der Waals surface area contributed by atoms with Gasteiger partial charge in [0.25, 0.3) is 0 Å². The van der Waals surface area contributed by atoms with Crippen LogP contribution in [-0.2, 0) is 6.61 Å². The van der Waals surface area contributed by atoms with E-state index in [1.165, 1.54) is 0 Å². The Hall–Kier alpha value is -2.64. The molecule has 0 aliphatic heterocycles. The van der Waals surface area contributed by atoms with Crippen LogP contribution in [-0.4, -0.2) is 28.2 Å². The number of hydrogen-bond donors (Lipinski definition) is 1. The van der Waals surface area contributed by atoms with Crippen LogP contribution < -0.4 is 9.47 Å². The molecule has 3 aromatic rings. The molecule has 3 rings (SSSR count). The minimum atomic E-state index is 0.195. The maximum absolute atomic E-state index is 6.18. The first-order valence-electron chi connectivity index (χ1n) is 8.75. The molecule has 0 fully saturated rings. The van der Waals surface area contributed by atoms with E-state index in [1.807, 2.05) is 56.3 Å². The number of hydrogen-bond acceptors (Lipinski definition) is 5. The number of H-pyrrole nitrogens is 1. The first-order chi connectivity index (χ1) is 13.5. The van der Waals surface area contributed by atoms with Gasteiger partial charge in [0.2, 0.25) is 4.77 Å². The molecule has 0 aliphatic carbocycles. The summed E-state index contributed by atoms with van der Waals surface area (Å²) in [4.78, 5) is 0. The molecule has 6 nitrogen and oxygen atoms in total. The molecular formula is C20H21ClN4O2S. The predicted octanol–water partition coefficient (Wildman–Crippen LogP) is 5.19. The van der Waals surface area contributed by atoms with Crippen molar-refractivity contribution in [1.29, 1.82) is 0 Å². The number of ether oxygens (including phenoxy) is 2. The van der Waals surface area contributed by atoms with Gasteiger partial charge in [-0.25, -0.2) is 0 Å². The SMILES string of the molecule is COc1cc(/C=N/n2c(C(C)C)n[nH]c2=S)ccc1OCc1ccccc1Cl. The van der Waals surface area contributed by atoms with Crippen LogP contribution in [0.25, 0.3) is 0 Å². The van der Waals surface area contributed by atoms with Crippen LogP contribution in [0.4, 0.5) is 0 Å². The van der Waals surface area contributed by atoms with E-state index < -0.39 is 0 Å². The van der Waals surface area contributed by atoms with E-state index in [4.69, 9.17) is 33.3 Å². The third-order valence-corrected chi connectivity index (χ3v) is 4.68. The summed E-state index contributed by atoms with van der Waals surface area (Å²) in [7, 11) is 1.60. The van der Waals surface area contributed by atoms with Crippen molar-refractivity contribution >= 4 is 30.0 Å². The van der Waals surface area contributed by atoms with Crippen LogP contribution in [0, 0.1) is 4.77 Å². The van der Waals surface area contributed by atoms with Crippen LogP contribution in [0.15, 0.2) is 47.6 Å². The van der Waals surface area contributed by atoms with Crippen LogP contribution in [0.5, 0.6) is 11.5 Å². The molecule has 28 heavy (non-hydrogen) atoms. The van der Waals surface area contributed by atoms with E-state index in [0.717, 1.165) is 17.0 Å². The Labute approximate surface area is 173 Å². The quantitative estimate of drug-likeness (QED) is 0.425. The molecule has 0 unspecified atom stereocenters. The highest BCUT2D eigenvalue weighted by molar-refractivity contribution is 7.71. The molecule has 0 aliphatic rings. The largest absolute Gasteiger partial charge is 0.493 e. The zero-order chi connectivity index (χ0) is 20.1. The van der Waals surface area contributed by atoms with E-state index >= 15 is 0 Å². The molecule has 2 aromatic carbocycles. The molecule has 1 aromatic heterocycles. The highest BCUT2D eigenvalue weighted by atomic mass is 35.5. The fourth-order valence-electron chi connectivity index (χ4n) is 2.57. The van der Waals surface area contributed by atoms with Crippen molar-refractivity contribution in [2.24, 2.45) is 5.10 Å². The van der Waals surface area contributed by atoms with E-state index in [2.05, 4.69) is 15.3 Å². The molecule has 0 amide bonds. The Kier molecular flexibility index (Phi) is 6.49. The van der Waals surface area contributed by atoms with Gasteiger partial charge in [0.15, 0.2) is 17.3 Å². The Morgan fingerprint density at radius 3 is 2.75 bits per heavy atom. The lowest BCUT2D eigenvalue weighted by Crippen LogP contribution is -2.01. The van der Waals surface area contributed by atoms with Crippen LogP contribution >= 0.6 is 23.8 Å². The maximum atomic E-state index is 6.18. The average molecular weight is 417 g/mol. The minimum absolute atomic E-state index is 0.195. The second-order valence-corrected chi connectivity index (χ2v) is 7.18. The number of aromatic nitrogens is 3. The Balaban J connectivity index is 1.79. The molecule has 1 heterocycles. The summed E-state index contributed by atoms with van der Waals surface area (Å²) in [6.45, 7) is 4.42. The van der Waals surface area contributed by atoms with E-state index in [-0.39, 0.29) is 5.92 Å². The minimum Gasteiger partial charge on any atom is -0.493 e. The summed E-state index contributed by atoms with van der Waals surface area (Å²) in [5, 5.41) is 12.1. The Morgan fingerprint density at radius 1 is 1.25 bits per heavy atom. The van der Waals surface area contributed by atoms with Gasteiger partial charge >= 0.3 is 0 Å². The molecule has 0 atom stereocenters. The van der Waals surface area contributed by atoms with Gasteiger partial charge in [0.1, 0.15) is 6.61 Å².